The molecule has 1 aromatic carbocycles. The van der Waals surface area contributed by atoms with E-state index in [9.17, 15) is 9.59 Å². The van der Waals surface area contributed by atoms with E-state index in [-0.39, 0.29) is 18.4 Å². The first-order chi connectivity index (χ1) is 8.93. The number of carbonyl (C=O) groups is 2. The summed E-state index contributed by atoms with van der Waals surface area (Å²) in [6, 6.07) is 7.21. The van der Waals surface area contributed by atoms with Crippen molar-refractivity contribution in [3.05, 3.63) is 29.8 Å². The highest BCUT2D eigenvalue weighted by Gasteiger charge is 2.39. The lowest BCUT2D eigenvalue weighted by Crippen LogP contribution is -2.49. The van der Waals surface area contributed by atoms with Gasteiger partial charge in [-0.3, -0.25) is 14.9 Å². The normalized spacial score (nSPS) is 22.3. The molecule has 1 fully saturated rings. The second-order valence-corrected chi connectivity index (χ2v) is 4.65. The zero-order valence-corrected chi connectivity index (χ0v) is 11.3. The fraction of sp³-hybridized carbons (Fsp3) is 0.429. The molecule has 0 bridgehead atoms. The van der Waals surface area contributed by atoms with E-state index in [4.69, 9.17) is 10.8 Å². The Hall–Kier alpha value is -1.88. The lowest BCUT2D eigenvalue weighted by Gasteiger charge is -2.32. The first-order valence-corrected chi connectivity index (χ1v) is 6.25. The van der Waals surface area contributed by atoms with Crippen molar-refractivity contribution in [2.75, 3.05) is 12.3 Å². The Kier molecular flexibility index (Phi) is 5.06. The number of anilines is 1. The molecule has 1 aliphatic rings. The molecule has 5 heteroatoms. The van der Waals surface area contributed by atoms with Crippen molar-refractivity contribution < 1.29 is 14.7 Å². The lowest BCUT2D eigenvalue weighted by molar-refractivity contribution is -0.137. The summed E-state index contributed by atoms with van der Waals surface area (Å²) in [7, 11) is 0. The number of aliphatic hydroxyl groups is 1. The van der Waals surface area contributed by atoms with Crippen molar-refractivity contribution in [1.82, 2.24) is 5.32 Å². The molecule has 2 rings (SSSR count). The van der Waals surface area contributed by atoms with Crippen molar-refractivity contribution in [1.29, 1.82) is 0 Å². The molecule has 1 aliphatic heterocycles. The zero-order chi connectivity index (χ0) is 14.5. The number of rotatable bonds is 1. The number of nitrogens with one attached hydrogen (secondary N) is 1. The van der Waals surface area contributed by atoms with Gasteiger partial charge in [0.1, 0.15) is 0 Å². The van der Waals surface area contributed by atoms with Crippen LogP contribution in [0.5, 0.6) is 0 Å². The molecule has 1 atom stereocenters. The number of piperidine rings is 1. The summed E-state index contributed by atoms with van der Waals surface area (Å²) in [5, 5.41) is 9.94. The van der Waals surface area contributed by atoms with Crippen molar-refractivity contribution in [3.8, 4) is 0 Å². The van der Waals surface area contributed by atoms with E-state index in [0.29, 0.717) is 18.5 Å². The summed E-state index contributed by atoms with van der Waals surface area (Å²) >= 11 is 0. The Morgan fingerprint density at radius 2 is 1.84 bits per heavy atom. The van der Waals surface area contributed by atoms with Crippen LogP contribution in [-0.4, -0.2) is 23.5 Å². The van der Waals surface area contributed by atoms with Crippen LogP contribution in [0, 0.1) is 0 Å². The zero-order valence-electron chi connectivity index (χ0n) is 11.3. The third-order valence-corrected chi connectivity index (χ3v) is 3.15. The number of aliphatic hydroxyl groups excluding tert-OH is 1. The fourth-order valence-corrected chi connectivity index (χ4v) is 1.93. The maximum atomic E-state index is 11.8. The second kappa shape index (κ2) is 6.33. The number of nitrogen functional groups attached to an aromatic ring is 1. The summed E-state index contributed by atoms with van der Waals surface area (Å²) in [6.45, 7) is 3.78. The van der Waals surface area contributed by atoms with Crippen LogP contribution >= 0.6 is 0 Å². The van der Waals surface area contributed by atoms with Gasteiger partial charge in [0.25, 0.3) is 0 Å². The highest BCUT2D eigenvalue weighted by atomic mass is 16.2. The summed E-state index contributed by atoms with van der Waals surface area (Å²) in [6.07, 6.45) is 0.925. The van der Waals surface area contributed by atoms with E-state index in [1.807, 2.05) is 19.1 Å². The smallest absolute Gasteiger partial charge is 0.236 e. The van der Waals surface area contributed by atoms with Crippen LogP contribution in [0.25, 0.3) is 0 Å². The van der Waals surface area contributed by atoms with Gasteiger partial charge in [0.2, 0.25) is 11.8 Å². The minimum Gasteiger partial charge on any atom is -0.399 e. The van der Waals surface area contributed by atoms with Gasteiger partial charge < -0.3 is 10.8 Å². The van der Waals surface area contributed by atoms with E-state index in [1.165, 1.54) is 0 Å². The molecule has 0 radical (unpaired) electrons. The maximum absolute atomic E-state index is 11.8. The molecule has 19 heavy (non-hydrogen) atoms. The third kappa shape index (κ3) is 3.54. The largest absolute Gasteiger partial charge is 0.399 e. The van der Waals surface area contributed by atoms with Crippen molar-refractivity contribution >= 4 is 17.5 Å². The van der Waals surface area contributed by atoms with Crippen LogP contribution in [0.3, 0.4) is 0 Å². The molecular formula is C14H20N2O3. The Bertz CT molecular complexity index is 456. The van der Waals surface area contributed by atoms with Gasteiger partial charge in [-0.15, -0.1) is 0 Å². The van der Waals surface area contributed by atoms with Gasteiger partial charge in [-0.25, -0.2) is 0 Å². The number of imide groups is 1. The van der Waals surface area contributed by atoms with E-state index >= 15 is 0 Å². The Labute approximate surface area is 112 Å². The average molecular weight is 264 g/mol. The fourth-order valence-electron chi connectivity index (χ4n) is 1.93. The predicted octanol–water partition coefficient (Wildman–Crippen LogP) is 0.962. The summed E-state index contributed by atoms with van der Waals surface area (Å²) in [5.41, 5.74) is 6.54. The van der Waals surface area contributed by atoms with Crippen LogP contribution < -0.4 is 11.1 Å². The molecule has 0 saturated carbocycles. The minimum absolute atomic E-state index is 0.196. The van der Waals surface area contributed by atoms with Crippen LogP contribution in [0.2, 0.25) is 0 Å². The highest BCUT2D eigenvalue weighted by Crippen LogP contribution is 2.32. The van der Waals surface area contributed by atoms with Gasteiger partial charge in [-0.05, 0) is 38.0 Å². The topological polar surface area (TPSA) is 92.4 Å². The molecule has 1 aromatic rings. The number of amides is 2. The Morgan fingerprint density at radius 3 is 2.32 bits per heavy atom. The minimum atomic E-state index is -0.623. The average Bonchev–Trinajstić information content (AvgIpc) is 2.36. The van der Waals surface area contributed by atoms with Gasteiger partial charge in [0.05, 0.1) is 5.41 Å². The molecule has 1 saturated heterocycles. The Balaban J connectivity index is 0.000000550. The molecular weight excluding hydrogens is 244 g/mol. The lowest BCUT2D eigenvalue weighted by atomic mass is 9.75. The molecule has 2 amide bonds. The molecule has 0 spiro atoms. The number of hydrogen-bond acceptors (Lipinski definition) is 4. The molecule has 0 aliphatic carbocycles. The number of benzene rings is 1. The van der Waals surface area contributed by atoms with Gasteiger partial charge in [0, 0.05) is 18.7 Å². The molecule has 1 heterocycles. The van der Waals surface area contributed by atoms with Gasteiger partial charge in [-0.1, -0.05) is 12.1 Å². The van der Waals surface area contributed by atoms with E-state index in [0.717, 1.165) is 5.56 Å². The first kappa shape index (κ1) is 15.2. The van der Waals surface area contributed by atoms with Crippen LogP contribution in [0.15, 0.2) is 24.3 Å². The molecule has 5 nitrogen and oxygen atoms in total. The van der Waals surface area contributed by atoms with E-state index in [1.54, 1.807) is 19.1 Å². The van der Waals surface area contributed by atoms with Gasteiger partial charge in [-0.2, -0.15) is 0 Å². The maximum Gasteiger partial charge on any atom is 0.236 e. The number of carbonyl (C=O) groups excluding carboxylic acids is 2. The number of hydrogen-bond donors (Lipinski definition) is 3. The first-order valence-electron chi connectivity index (χ1n) is 6.25. The number of nitrogens with two attached hydrogens (primary N) is 1. The molecule has 104 valence electrons. The monoisotopic (exact) mass is 264 g/mol. The van der Waals surface area contributed by atoms with Crippen molar-refractivity contribution in [2.24, 2.45) is 0 Å². The quantitative estimate of drug-likeness (QED) is 0.520. The Morgan fingerprint density at radius 1 is 1.32 bits per heavy atom. The SMILES string of the molecule is CC1(c2ccc(N)cc2)CCC(=O)NC1=O.CCO. The van der Waals surface area contributed by atoms with E-state index < -0.39 is 5.41 Å². The summed E-state index contributed by atoms with van der Waals surface area (Å²) in [4.78, 5) is 22.9. The van der Waals surface area contributed by atoms with E-state index in [2.05, 4.69) is 5.32 Å². The predicted molar refractivity (Wildman–Crippen MR) is 73.3 cm³/mol. The summed E-state index contributed by atoms with van der Waals surface area (Å²) in [5.74, 6) is -0.425. The van der Waals surface area contributed by atoms with Gasteiger partial charge >= 0.3 is 0 Å². The molecule has 0 aromatic heterocycles. The van der Waals surface area contributed by atoms with Crippen LogP contribution in [-0.2, 0) is 15.0 Å². The van der Waals surface area contributed by atoms with Crippen LogP contribution in [0.4, 0.5) is 5.69 Å². The third-order valence-electron chi connectivity index (χ3n) is 3.15. The second-order valence-electron chi connectivity index (χ2n) is 4.65. The highest BCUT2D eigenvalue weighted by molar-refractivity contribution is 6.03. The van der Waals surface area contributed by atoms with Crippen LogP contribution in [0.1, 0.15) is 32.3 Å². The summed E-state index contributed by atoms with van der Waals surface area (Å²) < 4.78 is 0. The van der Waals surface area contributed by atoms with Crippen molar-refractivity contribution in [3.63, 3.8) is 0 Å². The molecule has 4 N–H and O–H groups in total. The molecule has 1 unspecified atom stereocenters. The van der Waals surface area contributed by atoms with Crippen molar-refractivity contribution in [2.45, 2.75) is 32.1 Å². The standard InChI is InChI=1S/C12H14N2O2.C2H6O/c1-12(7-6-10(15)14-11(12)16)8-2-4-9(13)5-3-8;1-2-3/h2-5H,6-7,13H2,1H3,(H,14,15,16);3H,2H2,1H3. The van der Waals surface area contributed by atoms with Gasteiger partial charge in [0.15, 0.2) is 0 Å².